The minimum atomic E-state index is -1.67. The van der Waals surface area contributed by atoms with Crippen LogP contribution >= 0.6 is 33.0 Å². The number of terminal acetylenes is 1. The molecule has 0 radical (unpaired) electrons. The second-order valence-electron chi connectivity index (χ2n) is 12.5. The smallest absolute Gasteiger partial charge is 0.497 e. The van der Waals surface area contributed by atoms with Crippen LogP contribution < -0.4 is 53.2 Å². The number of aliphatic hydroxyl groups is 3. The van der Waals surface area contributed by atoms with E-state index in [1.165, 1.54) is 4.91 Å². The van der Waals surface area contributed by atoms with Gasteiger partial charge in [0.25, 0.3) is 0 Å². The number of azide groups is 2. The number of rotatable bonds is 14. The molecule has 21 nitrogen and oxygen atoms in total. The summed E-state index contributed by atoms with van der Waals surface area (Å²) in [4.78, 5) is 6.83. The summed E-state index contributed by atoms with van der Waals surface area (Å²) in [7, 11) is 15.5. The van der Waals surface area contributed by atoms with E-state index in [1.54, 1.807) is 46.4 Å². The maximum Gasteiger partial charge on any atom is 1.00 e. The maximum atomic E-state index is 9.09. The number of alkyl halides is 1. The molecule has 1 aromatic heterocycles. The largest absolute Gasteiger partial charge is 1.00 e. The number of nitrogens with zero attached hydrogens (tertiary/aromatic N) is 12. The first-order valence-corrected chi connectivity index (χ1v) is 23.3. The van der Waals surface area contributed by atoms with Gasteiger partial charge in [-0.3, -0.25) is 4.91 Å². The Morgan fingerprint density at radius 1 is 0.603 bits per heavy atom. The van der Waals surface area contributed by atoms with Crippen LogP contribution in [0.2, 0.25) is 0 Å². The molecule has 3 N–H and O–H groups in total. The fourth-order valence-electron chi connectivity index (χ4n) is 4.54. The van der Waals surface area contributed by atoms with E-state index in [0.717, 1.165) is 56.6 Å². The topological polar surface area (TPSA) is 311 Å². The number of hydrogen-bond acceptors (Lipinski definition) is 13. The molecular weight excluding hydrogens is 1090 g/mol. The fraction of sp³-hybridized carbons (Fsp3) is 0.261. The zero-order valence-electron chi connectivity index (χ0n) is 40.7. The van der Waals surface area contributed by atoms with E-state index in [0.29, 0.717) is 31.2 Å². The van der Waals surface area contributed by atoms with Crippen LogP contribution in [0.3, 0.4) is 0 Å². The predicted molar refractivity (Wildman–Crippen MR) is 277 cm³/mol. The Balaban J connectivity index is -0.000000388. The standard InChI is InChI=1S/C11H13N3O2.C8H9ClO.2C8H9N3O.C8H10O2.C3H4O.Cl2OS.Cu.N3.Na/c1-16-11-4-2-9(3-5-11)6-14-7-10(8-15)12-13-14;1-10-8-4-2-7(6-9)3-5-8;2*1-12-8-4-2-7(3-5-8)6-10-11-9;1-10-8-4-2-7(6-9)3-5-8;1-2-3-4;1-4(2)3;;1-3-2;/h2-5,7,15H,6,8H2,1H3;2-5H,6H2,1H3;2*2-5H,6H2,1H3;2-5,9H,6H2,1H3;1,4H,3H2;;;;/q;;;;;;;+1;-1;+1. The SMILES string of the molecule is C#CCO.COc1ccc(CCl)cc1.COc1ccc(CN=[N+]=[N-])cc1.COc1ccc(CN=[N+]=[N-])cc1.COc1ccc(CO)cc1.COc1ccc(Cn2cc(CO)nn2)cc1.O=S(Cl)Cl.[Cu+].[N-]=[N+]=[N-].[Na+]. The van der Waals surface area contributed by atoms with Crippen LogP contribution in [0, 0.1) is 12.3 Å². The van der Waals surface area contributed by atoms with Gasteiger partial charge >= 0.3 is 46.6 Å². The van der Waals surface area contributed by atoms with Crippen molar-refractivity contribution in [1.82, 2.24) is 15.0 Å². The predicted octanol–water partition coefficient (Wildman–Crippen LogP) is 7.98. The minimum Gasteiger partial charge on any atom is -0.497 e. The van der Waals surface area contributed by atoms with Crippen LogP contribution in [0.4, 0.5) is 0 Å². The van der Waals surface area contributed by atoms with E-state index in [-0.39, 0.29) is 66.4 Å². The van der Waals surface area contributed by atoms with Gasteiger partial charge in [0.1, 0.15) is 41.0 Å². The Morgan fingerprint density at radius 3 is 1.12 bits per heavy atom. The number of halogens is 3. The van der Waals surface area contributed by atoms with E-state index in [4.69, 9.17) is 76.9 Å². The van der Waals surface area contributed by atoms with Gasteiger partial charge in [-0.25, -0.2) is 8.89 Å². The number of aromatic nitrogens is 3. The van der Waals surface area contributed by atoms with Crippen molar-refractivity contribution in [1.29, 1.82) is 0 Å². The summed E-state index contributed by atoms with van der Waals surface area (Å²) in [6.45, 7) is 1.27. The maximum absolute atomic E-state index is 9.09. The molecule has 0 fully saturated rings. The van der Waals surface area contributed by atoms with Crippen molar-refractivity contribution >= 4 is 42.2 Å². The average Bonchev–Trinajstić information content (AvgIpc) is 3.88. The minimum absolute atomic E-state index is 0. The van der Waals surface area contributed by atoms with E-state index >= 15 is 0 Å². The number of benzene rings is 5. The summed E-state index contributed by atoms with van der Waals surface area (Å²) in [6, 6.07) is 37.6. The molecule has 6 aromatic rings. The van der Waals surface area contributed by atoms with Gasteiger partial charge in [0.05, 0.1) is 74.6 Å². The molecule has 5 aromatic carbocycles. The summed E-state index contributed by atoms with van der Waals surface area (Å²) in [5, 5.41) is 39.7. The quantitative estimate of drug-likeness (QED) is 0.0178. The summed E-state index contributed by atoms with van der Waals surface area (Å²) < 4.78 is 35.7. The molecule has 0 aliphatic rings. The molecule has 27 heteroatoms. The van der Waals surface area contributed by atoms with Gasteiger partial charge in [0.2, 0.25) is 9.23 Å². The fourth-order valence-corrected chi connectivity index (χ4v) is 4.72. The van der Waals surface area contributed by atoms with E-state index in [2.05, 4.69) is 58.2 Å². The molecule has 73 heavy (non-hydrogen) atoms. The molecule has 0 aliphatic heterocycles. The number of methoxy groups -OCH3 is 5. The van der Waals surface area contributed by atoms with Crippen molar-refractivity contribution in [2.45, 2.75) is 38.7 Å². The van der Waals surface area contributed by atoms with Gasteiger partial charge in [0, 0.05) is 37.1 Å². The Kier molecular flexibility index (Phi) is 51.5. The molecule has 0 atom stereocenters. The zero-order valence-corrected chi connectivity index (χ0v) is 46.7. The molecule has 0 unspecified atom stereocenters. The molecule has 0 saturated heterocycles. The van der Waals surface area contributed by atoms with Crippen molar-refractivity contribution in [3.8, 4) is 41.1 Å². The summed E-state index contributed by atoms with van der Waals surface area (Å²) >= 11 is 5.58. The van der Waals surface area contributed by atoms with Crippen LogP contribution in [0.15, 0.2) is 138 Å². The molecule has 0 amide bonds. The Hall–Kier alpha value is -5.85. The van der Waals surface area contributed by atoms with Gasteiger partial charge in [-0.1, -0.05) is 82.0 Å². The molecule has 6 rings (SSSR count). The van der Waals surface area contributed by atoms with Crippen LogP contribution in [0.25, 0.3) is 36.9 Å². The van der Waals surface area contributed by atoms with Gasteiger partial charge in [0.15, 0.2) is 0 Å². The monoisotopic (exact) mass is 1140 g/mol. The Morgan fingerprint density at radius 2 is 0.890 bits per heavy atom. The molecular formula is C46H54Cl3CuN12NaO9S+. The van der Waals surface area contributed by atoms with Gasteiger partial charge in [-0.2, -0.15) is 0 Å². The number of aliphatic hydroxyl groups excluding tert-OH is 3. The summed E-state index contributed by atoms with van der Waals surface area (Å²) in [5.74, 6) is 6.67. The molecule has 0 saturated carbocycles. The normalized spacial score (nSPS) is 8.59. The zero-order chi connectivity index (χ0) is 53.5. The van der Waals surface area contributed by atoms with Gasteiger partial charge in [-0.05, 0) is 99.5 Å². The van der Waals surface area contributed by atoms with E-state index < -0.39 is 9.23 Å². The van der Waals surface area contributed by atoms with Crippen LogP contribution in [0.5, 0.6) is 28.7 Å². The third-order valence-electron chi connectivity index (χ3n) is 7.95. The first kappa shape index (κ1) is 73.7. The van der Waals surface area contributed by atoms with Crippen molar-refractivity contribution < 1.29 is 89.8 Å². The number of ether oxygens (including phenoxy) is 5. The molecule has 1 heterocycles. The van der Waals surface area contributed by atoms with Crippen LogP contribution in [0.1, 0.15) is 33.5 Å². The Labute approximate surface area is 473 Å². The molecule has 0 aliphatic carbocycles. The average molecular weight is 1140 g/mol. The van der Waals surface area contributed by atoms with E-state index in [9.17, 15) is 0 Å². The summed E-state index contributed by atoms with van der Waals surface area (Å²) in [5.41, 5.74) is 35.3. The third kappa shape index (κ3) is 40.3. The first-order chi connectivity index (χ1) is 34.3. The summed E-state index contributed by atoms with van der Waals surface area (Å²) in [6.07, 6.45) is 6.25. The second kappa shape index (κ2) is 51.1. The molecule has 0 bridgehead atoms. The van der Waals surface area contributed by atoms with Gasteiger partial charge in [-0.15, -0.1) is 23.1 Å². The first-order valence-electron chi connectivity index (χ1n) is 19.9. The Bertz CT molecular complexity index is 2320. The van der Waals surface area contributed by atoms with Crippen molar-refractivity contribution in [3.05, 3.63) is 198 Å². The second-order valence-corrected chi connectivity index (χ2v) is 15.3. The van der Waals surface area contributed by atoms with E-state index in [1.807, 2.05) is 127 Å². The molecule has 390 valence electrons. The van der Waals surface area contributed by atoms with Crippen molar-refractivity contribution in [2.75, 3.05) is 42.2 Å². The number of hydrogen-bond donors (Lipinski definition) is 3. The van der Waals surface area contributed by atoms with Crippen molar-refractivity contribution in [2.24, 2.45) is 10.2 Å². The van der Waals surface area contributed by atoms with Crippen LogP contribution in [-0.2, 0) is 65.0 Å². The third-order valence-corrected chi connectivity index (χ3v) is 8.26. The van der Waals surface area contributed by atoms with Crippen molar-refractivity contribution in [3.63, 3.8) is 0 Å². The van der Waals surface area contributed by atoms with Crippen LogP contribution in [-0.4, -0.2) is 76.7 Å². The van der Waals surface area contributed by atoms with Gasteiger partial charge < -0.3 is 50.1 Å². The molecule has 0 spiro atoms.